The molecular formula is C11H8FNO2S. The molecule has 16 heavy (non-hydrogen) atoms. The van der Waals surface area contributed by atoms with E-state index in [1.807, 2.05) is 0 Å². The molecule has 1 heterocycles. The van der Waals surface area contributed by atoms with E-state index >= 15 is 0 Å². The summed E-state index contributed by atoms with van der Waals surface area (Å²) in [6.45, 7) is 0. The Morgan fingerprint density at radius 1 is 1.38 bits per heavy atom. The van der Waals surface area contributed by atoms with Gasteiger partial charge < -0.3 is 5.11 Å². The third kappa shape index (κ3) is 2.43. The highest BCUT2D eigenvalue weighted by molar-refractivity contribution is 7.13. The largest absolute Gasteiger partial charge is 0.477 e. The average Bonchev–Trinajstić information content (AvgIpc) is 2.70. The van der Waals surface area contributed by atoms with Gasteiger partial charge in [-0.15, -0.1) is 11.3 Å². The quantitative estimate of drug-likeness (QED) is 0.892. The zero-order valence-corrected chi connectivity index (χ0v) is 9.00. The van der Waals surface area contributed by atoms with Crippen molar-refractivity contribution >= 4 is 17.3 Å². The molecule has 0 aliphatic heterocycles. The van der Waals surface area contributed by atoms with E-state index in [-0.39, 0.29) is 10.7 Å². The predicted octanol–water partition coefficient (Wildman–Crippen LogP) is 2.57. The Morgan fingerprint density at radius 2 is 2.06 bits per heavy atom. The Kier molecular flexibility index (Phi) is 2.96. The predicted molar refractivity (Wildman–Crippen MR) is 58.3 cm³/mol. The monoisotopic (exact) mass is 237 g/mol. The molecule has 82 valence electrons. The minimum Gasteiger partial charge on any atom is -0.477 e. The number of benzene rings is 1. The van der Waals surface area contributed by atoms with Crippen LogP contribution in [-0.2, 0) is 6.42 Å². The minimum atomic E-state index is -0.970. The van der Waals surface area contributed by atoms with Crippen molar-refractivity contribution in [3.8, 4) is 0 Å². The smallest absolute Gasteiger partial charge is 0.347 e. The van der Waals surface area contributed by atoms with Gasteiger partial charge in [0.25, 0.3) is 0 Å². The number of carboxylic acids is 1. The number of carbonyl (C=O) groups is 1. The number of carboxylic acid groups (broad SMARTS) is 1. The Balaban J connectivity index is 2.14. The van der Waals surface area contributed by atoms with Crippen LogP contribution in [0.2, 0.25) is 0 Å². The van der Waals surface area contributed by atoms with Crippen LogP contribution in [0.15, 0.2) is 30.5 Å². The van der Waals surface area contributed by atoms with E-state index < -0.39 is 5.97 Å². The van der Waals surface area contributed by atoms with Crippen molar-refractivity contribution in [2.75, 3.05) is 0 Å². The normalized spacial score (nSPS) is 10.3. The summed E-state index contributed by atoms with van der Waals surface area (Å²) in [6.07, 6.45) is 1.87. The van der Waals surface area contributed by atoms with Crippen LogP contribution in [-0.4, -0.2) is 16.1 Å². The van der Waals surface area contributed by atoms with Crippen molar-refractivity contribution in [3.05, 3.63) is 51.7 Å². The van der Waals surface area contributed by atoms with Crippen LogP contribution in [0.25, 0.3) is 0 Å². The van der Waals surface area contributed by atoms with E-state index in [0.29, 0.717) is 11.4 Å². The summed E-state index contributed by atoms with van der Waals surface area (Å²) in [5, 5.41) is 9.43. The molecule has 2 rings (SSSR count). The van der Waals surface area contributed by atoms with E-state index in [2.05, 4.69) is 4.98 Å². The Morgan fingerprint density at radius 3 is 2.62 bits per heavy atom. The van der Waals surface area contributed by atoms with Crippen molar-refractivity contribution in [1.29, 1.82) is 0 Å². The van der Waals surface area contributed by atoms with E-state index in [9.17, 15) is 9.18 Å². The molecule has 0 saturated carbocycles. The van der Waals surface area contributed by atoms with Crippen molar-refractivity contribution in [1.82, 2.24) is 4.98 Å². The Labute approximate surface area is 95.2 Å². The molecule has 0 saturated heterocycles. The maximum absolute atomic E-state index is 12.6. The number of thiazole rings is 1. The molecule has 2 aromatic rings. The lowest BCUT2D eigenvalue weighted by Crippen LogP contribution is -1.89. The molecule has 0 atom stereocenters. The second-order valence-corrected chi connectivity index (χ2v) is 4.34. The molecule has 3 nitrogen and oxygen atoms in total. The lowest BCUT2D eigenvalue weighted by atomic mass is 10.2. The van der Waals surface area contributed by atoms with Crippen LogP contribution in [0, 0.1) is 5.82 Å². The summed E-state index contributed by atoms with van der Waals surface area (Å²) in [7, 11) is 0. The van der Waals surface area contributed by atoms with Crippen LogP contribution in [0.3, 0.4) is 0 Å². The van der Waals surface area contributed by atoms with E-state index in [1.165, 1.54) is 18.3 Å². The van der Waals surface area contributed by atoms with Crippen LogP contribution in [0.5, 0.6) is 0 Å². The lowest BCUT2D eigenvalue weighted by molar-refractivity contribution is 0.0702. The summed E-state index contributed by atoms with van der Waals surface area (Å²) < 4.78 is 12.6. The first-order valence-electron chi connectivity index (χ1n) is 4.57. The number of rotatable bonds is 3. The fourth-order valence-electron chi connectivity index (χ4n) is 1.27. The molecule has 0 aliphatic rings. The average molecular weight is 237 g/mol. The van der Waals surface area contributed by atoms with Gasteiger partial charge >= 0.3 is 5.97 Å². The maximum atomic E-state index is 12.6. The number of nitrogens with zero attached hydrogens (tertiary/aromatic N) is 1. The van der Waals surface area contributed by atoms with Gasteiger partial charge in [-0.1, -0.05) is 12.1 Å². The van der Waals surface area contributed by atoms with Crippen molar-refractivity contribution in [2.45, 2.75) is 6.42 Å². The number of hydrogen-bond donors (Lipinski definition) is 1. The van der Waals surface area contributed by atoms with Gasteiger partial charge in [0.15, 0.2) is 0 Å². The van der Waals surface area contributed by atoms with Gasteiger partial charge in [0, 0.05) is 6.42 Å². The van der Waals surface area contributed by atoms with Crippen molar-refractivity contribution < 1.29 is 14.3 Å². The molecular weight excluding hydrogens is 229 g/mol. The Hall–Kier alpha value is -1.75. The molecule has 0 aliphatic carbocycles. The highest BCUT2D eigenvalue weighted by Crippen LogP contribution is 2.17. The molecule has 1 N–H and O–H groups in total. The molecule has 5 heteroatoms. The second-order valence-electron chi connectivity index (χ2n) is 3.23. The van der Waals surface area contributed by atoms with Gasteiger partial charge in [-0.2, -0.15) is 0 Å². The van der Waals surface area contributed by atoms with Gasteiger partial charge in [0.2, 0.25) is 0 Å². The van der Waals surface area contributed by atoms with Crippen LogP contribution >= 0.6 is 11.3 Å². The molecule has 0 unspecified atom stereocenters. The second kappa shape index (κ2) is 4.40. The zero-order chi connectivity index (χ0) is 11.5. The standard InChI is InChI=1S/C11H8FNO2S/c12-8-3-1-7(2-4-8)5-10-13-6-9(16-10)11(14)15/h1-4,6H,5H2,(H,14,15). The van der Waals surface area contributed by atoms with E-state index in [0.717, 1.165) is 16.9 Å². The molecule has 0 bridgehead atoms. The fourth-order valence-corrected chi connectivity index (χ4v) is 2.06. The lowest BCUT2D eigenvalue weighted by Gasteiger charge is -1.96. The summed E-state index contributed by atoms with van der Waals surface area (Å²) in [5.41, 5.74) is 0.910. The fraction of sp³-hybridized carbons (Fsp3) is 0.0909. The highest BCUT2D eigenvalue weighted by Gasteiger charge is 2.08. The number of halogens is 1. The van der Waals surface area contributed by atoms with Gasteiger partial charge in [0.05, 0.1) is 11.2 Å². The third-order valence-corrected chi connectivity index (χ3v) is 3.02. The summed E-state index contributed by atoms with van der Waals surface area (Å²) in [6, 6.07) is 6.08. The number of aromatic carboxylic acids is 1. The molecule has 0 fully saturated rings. The first-order chi connectivity index (χ1) is 7.65. The summed E-state index contributed by atoms with van der Waals surface area (Å²) in [5.74, 6) is -1.25. The first kappa shape index (κ1) is 10.8. The van der Waals surface area contributed by atoms with Gasteiger partial charge in [0.1, 0.15) is 10.7 Å². The van der Waals surface area contributed by atoms with E-state index in [4.69, 9.17) is 5.11 Å². The number of hydrogen-bond acceptors (Lipinski definition) is 3. The highest BCUT2D eigenvalue weighted by atomic mass is 32.1. The van der Waals surface area contributed by atoms with Gasteiger partial charge in [-0.3, -0.25) is 0 Å². The molecule has 1 aromatic heterocycles. The van der Waals surface area contributed by atoms with Crippen LogP contribution in [0.4, 0.5) is 4.39 Å². The number of aromatic nitrogens is 1. The molecule has 0 spiro atoms. The zero-order valence-electron chi connectivity index (χ0n) is 8.18. The third-order valence-electron chi connectivity index (χ3n) is 2.03. The van der Waals surface area contributed by atoms with Crippen LogP contribution < -0.4 is 0 Å². The topological polar surface area (TPSA) is 50.2 Å². The van der Waals surface area contributed by atoms with Gasteiger partial charge in [-0.25, -0.2) is 14.2 Å². The molecule has 0 amide bonds. The maximum Gasteiger partial charge on any atom is 0.347 e. The first-order valence-corrected chi connectivity index (χ1v) is 5.39. The SMILES string of the molecule is O=C(O)c1cnc(Cc2ccc(F)cc2)s1. The molecule has 1 aromatic carbocycles. The van der Waals surface area contributed by atoms with Crippen molar-refractivity contribution in [2.24, 2.45) is 0 Å². The van der Waals surface area contributed by atoms with Gasteiger partial charge in [-0.05, 0) is 17.7 Å². The van der Waals surface area contributed by atoms with Crippen molar-refractivity contribution in [3.63, 3.8) is 0 Å². The van der Waals surface area contributed by atoms with E-state index in [1.54, 1.807) is 12.1 Å². The molecule has 0 radical (unpaired) electrons. The summed E-state index contributed by atoms with van der Waals surface area (Å²) >= 11 is 1.14. The minimum absolute atomic E-state index is 0.220. The van der Waals surface area contributed by atoms with Crippen LogP contribution in [0.1, 0.15) is 20.2 Å². The summed E-state index contributed by atoms with van der Waals surface area (Å²) in [4.78, 5) is 14.9. The Bertz CT molecular complexity index is 507.